The minimum Gasteiger partial charge on any atom is -0.357 e. The predicted octanol–water partition coefficient (Wildman–Crippen LogP) is 1.34. The molecule has 0 unspecified atom stereocenters. The summed E-state index contributed by atoms with van der Waals surface area (Å²) in [6.07, 6.45) is 3.78. The van der Waals surface area contributed by atoms with Crippen molar-refractivity contribution in [3.8, 4) is 0 Å². The second-order valence-electron chi connectivity index (χ2n) is 5.69. The second-order valence-corrected chi connectivity index (χ2v) is 6.08. The van der Waals surface area contributed by atoms with Crippen molar-refractivity contribution in [3.05, 3.63) is 22.8 Å². The van der Waals surface area contributed by atoms with E-state index in [1.54, 1.807) is 6.07 Å². The summed E-state index contributed by atoms with van der Waals surface area (Å²) in [6.45, 7) is 2.53. The molecule has 2 fully saturated rings. The van der Waals surface area contributed by atoms with E-state index in [4.69, 9.17) is 11.6 Å². The molecule has 7 heteroatoms. The lowest BCUT2D eigenvalue weighted by molar-refractivity contribution is -0.124. The van der Waals surface area contributed by atoms with Crippen molar-refractivity contribution < 1.29 is 9.59 Å². The number of carbonyl (C=O) groups excluding carboxylic acids is 2. The van der Waals surface area contributed by atoms with Crippen LogP contribution in [0.3, 0.4) is 0 Å². The Morgan fingerprint density at radius 1 is 1.32 bits per heavy atom. The molecule has 2 N–H and O–H groups in total. The highest BCUT2D eigenvalue weighted by atomic mass is 35.5. The van der Waals surface area contributed by atoms with Gasteiger partial charge >= 0.3 is 0 Å². The lowest BCUT2D eigenvalue weighted by Crippen LogP contribution is -2.50. The lowest BCUT2D eigenvalue weighted by atomic mass is 10.1. The zero-order chi connectivity index (χ0) is 15.5. The first-order chi connectivity index (χ1) is 10.6. The van der Waals surface area contributed by atoms with Gasteiger partial charge in [-0.3, -0.25) is 9.59 Å². The molecule has 0 aliphatic carbocycles. The molecule has 6 nitrogen and oxygen atoms in total. The molecule has 0 spiro atoms. The summed E-state index contributed by atoms with van der Waals surface area (Å²) in [7, 11) is 0. The molecule has 0 saturated carbocycles. The van der Waals surface area contributed by atoms with Crippen molar-refractivity contribution in [3.63, 3.8) is 0 Å². The molecule has 118 valence electrons. The molecular weight excluding hydrogens is 304 g/mol. The molecule has 2 amide bonds. The van der Waals surface area contributed by atoms with E-state index >= 15 is 0 Å². The third kappa shape index (κ3) is 3.32. The number of piperidine rings is 1. The van der Waals surface area contributed by atoms with Crippen LogP contribution in [0.15, 0.2) is 12.1 Å². The van der Waals surface area contributed by atoms with Gasteiger partial charge in [-0.2, -0.15) is 0 Å². The van der Waals surface area contributed by atoms with Crippen LogP contribution in [0.1, 0.15) is 36.0 Å². The summed E-state index contributed by atoms with van der Waals surface area (Å²) >= 11 is 6.05. The van der Waals surface area contributed by atoms with Crippen molar-refractivity contribution in [2.24, 2.45) is 0 Å². The molecule has 22 heavy (non-hydrogen) atoms. The van der Waals surface area contributed by atoms with E-state index in [9.17, 15) is 9.59 Å². The maximum absolute atomic E-state index is 12.4. The first-order valence-electron chi connectivity index (χ1n) is 7.64. The van der Waals surface area contributed by atoms with Crippen LogP contribution in [0.2, 0.25) is 5.15 Å². The number of carbonyl (C=O) groups is 2. The van der Waals surface area contributed by atoms with Gasteiger partial charge in [0.25, 0.3) is 5.91 Å². The first kappa shape index (κ1) is 15.1. The van der Waals surface area contributed by atoms with Crippen LogP contribution in [0.25, 0.3) is 0 Å². The number of halogens is 1. The van der Waals surface area contributed by atoms with E-state index < -0.39 is 6.04 Å². The summed E-state index contributed by atoms with van der Waals surface area (Å²) in [6, 6.07) is 2.81. The number of nitrogens with one attached hydrogen (secondary N) is 2. The Bertz CT molecular complexity index is 587. The Balaban J connectivity index is 1.75. The van der Waals surface area contributed by atoms with Crippen LogP contribution in [0.5, 0.6) is 0 Å². The first-order valence-corrected chi connectivity index (χ1v) is 8.02. The third-order valence-electron chi connectivity index (χ3n) is 4.06. The fourth-order valence-corrected chi connectivity index (χ4v) is 3.08. The lowest BCUT2D eigenvalue weighted by Gasteiger charge is -2.23. The van der Waals surface area contributed by atoms with E-state index in [0.29, 0.717) is 23.7 Å². The fraction of sp³-hybridized carbons (Fsp3) is 0.533. The van der Waals surface area contributed by atoms with E-state index in [2.05, 4.69) is 20.5 Å². The molecule has 0 aromatic carbocycles. The van der Waals surface area contributed by atoms with E-state index in [1.165, 1.54) is 6.07 Å². The van der Waals surface area contributed by atoms with Crippen molar-refractivity contribution in [2.45, 2.75) is 31.7 Å². The maximum atomic E-state index is 12.4. The molecule has 2 saturated heterocycles. The van der Waals surface area contributed by atoms with Crippen LogP contribution in [-0.2, 0) is 4.79 Å². The Labute approximate surface area is 134 Å². The molecule has 0 radical (unpaired) electrons. The van der Waals surface area contributed by atoms with Crippen molar-refractivity contribution in [1.29, 1.82) is 0 Å². The van der Waals surface area contributed by atoms with Gasteiger partial charge in [0.1, 0.15) is 17.0 Å². The summed E-state index contributed by atoms with van der Waals surface area (Å²) in [5.74, 6) is 0.314. The van der Waals surface area contributed by atoms with Crippen LogP contribution < -0.4 is 15.5 Å². The molecular formula is C15H19ClN4O2. The van der Waals surface area contributed by atoms with E-state index in [-0.39, 0.29) is 11.8 Å². The Kier molecular flexibility index (Phi) is 4.47. The van der Waals surface area contributed by atoms with Gasteiger partial charge in [0.2, 0.25) is 5.91 Å². The standard InChI is InChI=1S/C15H19ClN4O2/c16-12-8-10(9-13(19-12)20-6-1-2-7-20)14(21)18-11-4-3-5-17-15(11)22/h8-9,11H,1-7H2,(H,17,22)(H,18,21)/t11-/m0/s1. The molecule has 2 aliphatic rings. The number of rotatable bonds is 3. The highest BCUT2D eigenvalue weighted by molar-refractivity contribution is 6.30. The summed E-state index contributed by atoms with van der Waals surface area (Å²) in [5.41, 5.74) is 0.445. The highest BCUT2D eigenvalue weighted by Crippen LogP contribution is 2.22. The van der Waals surface area contributed by atoms with Crippen LogP contribution in [0.4, 0.5) is 5.82 Å². The number of amides is 2. The van der Waals surface area contributed by atoms with Crippen molar-refractivity contribution in [2.75, 3.05) is 24.5 Å². The summed E-state index contributed by atoms with van der Waals surface area (Å²) in [5, 5.41) is 5.82. The van der Waals surface area contributed by atoms with Gasteiger partial charge in [0.15, 0.2) is 0 Å². The number of hydrogen-bond acceptors (Lipinski definition) is 4. The topological polar surface area (TPSA) is 74.3 Å². The zero-order valence-electron chi connectivity index (χ0n) is 12.3. The molecule has 1 aromatic rings. The largest absolute Gasteiger partial charge is 0.357 e. The Morgan fingerprint density at radius 2 is 2.09 bits per heavy atom. The molecule has 2 aliphatic heterocycles. The van der Waals surface area contributed by atoms with Crippen LogP contribution in [-0.4, -0.2) is 42.5 Å². The maximum Gasteiger partial charge on any atom is 0.252 e. The average Bonchev–Trinajstić information content (AvgIpc) is 3.03. The summed E-state index contributed by atoms with van der Waals surface area (Å²) in [4.78, 5) is 30.5. The van der Waals surface area contributed by atoms with Crippen LogP contribution >= 0.6 is 11.6 Å². The van der Waals surface area contributed by atoms with Gasteiger partial charge in [0.05, 0.1) is 0 Å². The fourth-order valence-electron chi connectivity index (χ4n) is 2.87. The van der Waals surface area contributed by atoms with E-state index in [1.807, 2.05) is 0 Å². The van der Waals surface area contributed by atoms with Gasteiger partial charge in [-0.25, -0.2) is 4.98 Å². The molecule has 1 atom stereocenters. The van der Waals surface area contributed by atoms with Gasteiger partial charge in [0, 0.05) is 25.2 Å². The van der Waals surface area contributed by atoms with Crippen molar-refractivity contribution >= 4 is 29.2 Å². The predicted molar refractivity (Wildman–Crippen MR) is 84.2 cm³/mol. The van der Waals surface area contributed by atoms with Crippen LogP contribution in [0, 0.1) is 0 Å². The van der Waals surface area contributed by atoms with Crippen molar-refractivity contribution in [1.82, 2.24) is 15.6 Å². The van der Waals surface area contributed by atoms with Gasteiger partial charge in [-0.15, -0.1) is 0 Å². The molecule has 3 heterocycles. The average molecular weight is 323 g/mol. The molecule has 0 bridgehead atoms. The quantitative estimate of drug-likeness (QED) is 0.824. The number of hydrogen-bond donors (Lipinski definition) is 2. The third-order valence-corrected chi connectivity index (χ3v) is 4.26. The zero-order valence-corrected chi connectivity index (χ0v) is 13.0. The minimum atomic E-state index is -0.469. The van der Waals surface area contributed by atoms with E-state index in [0.717, 1.165) is 38.2 Å². The highest BCUT2D eigenvalue weighted by Gasteiger charge is 2.25. The normalized spacial score (nSPS) is 21.6. The smallest absolute Gasteiger partial charge is 0.252 e. The SMILES string of the molecule is O=C(N[C@H]1CCCNC1=O)c1cc(Cl)nc(N2CCCC2)c1. The molecule has 3 rings (SSSR count). The second kappa shape index (κ2) is 6.52. The Hall–Kier alpha value is -1.82. The number of pyridine rings is 1. The Morgan fingerprint density at radius 3 is 2.82 bits per heavy atom. The number of anilines is 1. The summed E-state index contributed by atoms with van der Waals surface area (Å²) < 4.78 is 0. The minimum absolute atomic E-state index is 0.125. The van der Waals surface area contributed by atoms with Gasteiger partial charge in [-0.05, 0) is 37.8 Å². The number of nitrogens with zero attached hydrogens (tertiary/aromatic N) is 2. The van der Waals surface area contributed by atoms with Gasteiger partial charge < -0.3 is 15.5 Å². The number of aromatic nitrogens is 1. The molecule has 1 aromatic heterocycles. The van der Waals surface area contributed by atoms with Gasteiger partial charge in [-0.1, -0.05) is 11.6 Å². The monoisotopic (exact) mass is 322 g/mol.